The quantitative estimate of drug-likeness (QED) is 0.383. The van der Waals surface area contributed by atoms with E-state index in [0.29, 0.717) is 4.32 Å². The minimum absolute atomic E-state index is 0.143. The Bertz CT molecular complexity index is 388. The largest absolute Gasteiger partial charge is 0.262 e. The van der Waals surface area contributed by atoms with Crippen LogP contribution in [0.1, 0.15) is 19.4 Å². The van der Waals surface area contributed by atoms with Gasteiger partial charge in [0.05, 0.1) is 0 Å². The predicted molar refractivity (Wildman–Crippen MR) is 85.0 cm³/mol. The van der Waals surface area contributed by atoms with Gasteiger partial charge in [-0.15, -0.1) is 0 Å². The highest BCUT2D eigenvalue weighted by atomic mass is 32.2. The molecular formula is C12H16N2S3. The Morgan fingerprint density at radius 3 is 2.71 bits per heavy atom. The summed E-state index contributed by atoms with van der Waals surface area (Å²) in [5.41, 5.74) is 5.05. The second-order valence-corrected chi connectivity index (χ2v) is 6.03. The SMILES string of the molecule is C/C(=N\NC(=S)SCc1ccccc1)[C@@H](C)S. The van der Waals surface area contributed by atoms with Crippen molar-refractivity contribution in [3.05, 3.63) is 35.9 Å². The molecule has 0 amide bonds. The number of hydrazone groups is 1. The first-order valence-corrected chi connectivity index (χ1v) is 7.19. The molecule has 0 spiro atoms. The first-order chi connectivity index (χ1) is 8.09. The Kier molecular flexibility index (Phi) is 6.62. The summed E-state index contributed by atoms with van der Waals surface area (Å²) in [6.45, 7) is 3.90. The second-order valence-electron chi connectivity index (χ2n) is 3.60. The molecule has 0 fully saturated rings. The zero-order chi connectivity index (χ0) is 12.7. The zero-order valence-corrected chi connectivity index (χ0v) is 12.4. The topological polar surface area (TPSA) is 24.4 Å². The number of hydrogen-bond acceptors (Lipinski definition) is 4. The number of rotatable bonds is 4. The van der Waals surface area contributed by atoms with Crippen molar-refractivity contribution < 1.29 is 0 Å². The van der Waals surface area contributed by atoms with Crippen molar-refractivity contribution in [3.8, 4) is 0 Å². The summed E-state index contributed by atoms with van der Waals surface area (Å²) in [5.74, 6) is 0.859. The van der Waals surface area contributed by atoms with Gasteiger partial charge in [-0.1, -0.05) is 54.3 Å². The van der Waals surface area contributed by atoms with Gasteiger partial charge in [-0.3, -0.25) is 5.43 Å². The third kappa shape index (κ3) is 6.10. The Labute approximate surface area is 118 Å². The molecule has 0 aliphatic carbocycles. The normalized spacial score (nSPS) is 13.2. The lowest BCUT2D eigenvalue weighted by Crippen LogP contribution is -2.17. The highest BCUT2D eigenvalue weighted by molar-refractivity contribution is 8.22. The summed E-state index contributed by atoms with van der Waals surface area (Å²) in [4.78, 5) is 0. The molecule has 0 unspecified atom stereocenters. The number of nitrogens with zero attached hydrogens (tertiary/aromatic N) is 1. The third-order valence-corrected chi connectivity index (χ3v) is 3.79. The van der Waals surface area contributed by atoms with E-state index in [1.807, 2.05) is 32.0 Å². The van der Waals surface area contributed by atoms with Crippen molar-refractivity contribution >= 4 is 46.6 Å². The predicted octanol–water partition coefficient (Wildman–Crippen LogP) is 3.49. The Morgan fingerprint density at radius 2 is 2.12 bits per heavy atom. The van der Waals surface area contributed by atoms with E-state index >= 15 is 0 Å². The van der Waals surface area contributed by atoms with Gasteiger partial charge < -0.3 is 0 Å². The van der Waals surface area contributed by atoms with E-state index in [-0.39, 0.29) is 5.25 Å². The van der Waals surface area contributed by atoms with Gasteiger partial charge >= 0.3 is 0 Å². The van der Waals surface area contributed by atoms with E-state index in [1.165, 1.54) is 5.56 Å². The van der Waals surface area contributed by atoms with Crippen molar-refractivity contribution in [2.24, 2.45) is 5.10 Å². The van der Waals surface area contributed by atoms with E-state index in [2.05, 4.69) is 35.3 Å². The monoisotopic (exact) mass is 284 g/mol. The molecule has 17 heavy (non-hydrogen) atoms. The molecule has 1 rings (SSSR count). The van der Waals surface area contributed by atoms with Crippen molar-refractivity contribution in [2.45, 2.75) is 24.9 Å². The van der Waals surface area contributed by atoms with Crippen LogP contribution in [0.5, 0.6) is 0 Å². The highest BCUT2D eigenvalue weighted by Crippen LogP contribution is 2.12. The van der Waals surface area contributed by atoms with Crippen LogP contribution < -0.4 is 5.43 Å². The molecule has 2 nitrogen and oxygen atoms in total. The van der Waals surface area contributed by atoms with Crippen LogP contribution in [0, 0.1) is 0 Å². The summed E-state index contributed by atoms with van der Waals surface area (Å²) in [6, 6.07) is 10.2. The summed E-state index contributed by atoms with van der Waals surface area (Å²) >= 11 is 11.0. The van der Waals surface area contributed by atoms with Crippen LogP contribution in [0.4, 0.5) is 0 Å². The molecule has 92 valence electrons. The fraction of sp³-hybridized carbons (Fsp3) is 0.333. The number of hydrogen-bond donors (Lipinski definition) is 2. The highest BCUT2D eigenvalue weighted by Gasteiger charge is 2.00. The lowest BCUT2D eigenvalue weighted by molar-refractivity contribution is 1.04. The van der Waals surface area contributed by atoms with Crippen LogP contribution >= 0.6 is 36.6 Å². The minimum Gasteiger partial charge on any atom is -0.262 e. The van der Waals surface area contributed by atoms with Gasteiger partial charge in [-0.05, 0) is 19.4 Å². The summed E-state index contributed by atoms with van der Waals surface area (Å²) in [5, 5.41) is 4.31. The van der Waals surface area contributed by atoms with Gasteiger partial charge in [0.15, 0.2) is 4.32 Å². The maximum absolute atomic E-state index is 5.18. The molecule has 1 aromatic rings. The standard InChI is InChI=1S/C12H16N2S3/c1-9(10(2)15)13-14-12(16)17-8-11-6-4-3-5-7-11/h3-7,10,15H,8H2,1-2H3,(H,14,16)/b13-9+/t10-/m1/s1. The maximum Gasteiger partial charge on any atom is 0.154 e. The average molecular weight is 284 g/mol. The van der Waals surface area contributed by atoms with Crippen LogP contribution in [0.3, 0.4) is 0 Å². The number of thiocarbonyl (C=S) groups is 1. The first-order valence-electron chi connectivity index (χ1n) is 5.28. The van der Waals surface area contributed by atoms with Crippen molar-refractivity contribution in [1.29, 1.82) is 0 Å². The Morgan fingerprint density at radius 1 is 1.47 bits per heavy atom. The Hall–Kier alpha value is -0.520. The number of nitrogens with one attached hydrogen (secondary N) is 1. The average Bonchev–Trinajstić information content (AvgIpc) is 2.34. The Balaban J connectivity index is 2.34. The van der Waals surface area contributed by atoms with Gasteiger partial charge in [-0.2, -0.15) is 17.7 Å². The van der Waals surface area contributed by atoms with Crippen LogP contribution in [-0.4, -0.2) is 15.3 Å². The smallest absolute Gasteiger partial charge is 0.154 e. The number of benzene rings is 1. The van der Waals surface area contributed by atoms with E-state index in [0.717, 1.165) is 11.5 Å². The summed E-state index contributed by atoms with van der Waals surface area (Å²) in [7, 11) is 0. The summed E-state index contributed by atoms with van der Waals surface area (Å²) in [6.07, 6.45) is 0. The van der Waals surface area contributed by atoms with Crippen LogP contribution in [0.25, 0.3) is 0 Å². The van der Waals surface area contributed by atoms with E-state index < -0.39 is 0 Å². The van der Waals surface area contributed by atoms with Gasteiger partial charge in [-0.25, -0.2) is 0 Å². The molecule has 5 heteroatoms. The van der Waals surface area contributed by atoms with Gasteiger partial charge in [0, 0.05) is 16.7 Å². The zero-order valence-electron chi connectivity index (χ0n) is 9.88. The van der Waals surface area contributed by atoms with Gasteiger partial charge in [0.1, 0.15) is 0 Å². The molecule has 0 aliphatic rings. The minimum atomic E-state index is 0.143. The molecule has 0 bridgehead atoms. The lowest BCUT2D eigenvalue weighted by atomic mass is 10.2. The first kappa shape index (κ1) is 14.5. The molecule has 0 aliphatic heterocycles. The van der Waals surface area contributed by atoms with Crippen molar-refractivity contribution in [2.75, 3.05) is 0 Å². The molecule has 0 saturated heterocycles. The molecule has 1 N–H and O–H groups in total. The van der Waals surface area contributed by atoms with Crippen LogP contribution in [-0.2, 0) is 5.75 Å². The van der Waals surface area contributed by atoms with E-state index in [9.17, 15) is 0 Å². The van der Waals surface area contributed by atoms with Crippen molar-refractivity contribution in [1.82, 2.24) is 5.43 Å². The fourth-order valence-corrected chi connectivity index (χ4v) is 1.86. The van der Waals surface area contributed by atoms with Crippen molar-refractivity contribution in [3.63, 3.8) is 0 Å². The number of thioether (sulfide) groups is 1. The molecular weight excluding hydrogens is 268 g/mol. The van der Waals surface area contributed by atoms with Gasteiger partial charge in [0.2, 0.25) is 0 Å². The molecule has 1 aromatic carbocycles. The summed E-state index contributed by atoms with van der Waals surface area (Å²) < 4.78 is 0.683. The molecule has 0 radical (unpaired) electrons. The molecule has 0 saturated carbocycles. The third-order valence-electron chi connectivity index (χ3n) is 2.14. The van der Waals surface area contributed by atoms with Crippen LogP contribution in [0.15, 0.2) is 35.4 Å². The van der Waals surface area contributed by atoms with E-state index in [4.69, 9.17) is 12.2 Å². The van der Waals surface area contributed by atoms with Crippen LogP contribution in [0.2, 0.25) is 0 Å². The second kappa shape index (κ2) is 7.74. The lowest BCUT2D eigenvalue weighted by Gasteiger charge is -2.06. The molecule has 1 atom stereocenters. The molecule has 0 heterocycles. The van der Waals surface area contributed by atoms with E-state index in [1.54, 1.807) is 11.8 Å². The fourth-order valence-electron chi connectivity index (χ4n) is 0.983. The molecule has 0 aromatic heterocycles. The van der Waals surface area contributed by atoms with Gasteiger partial charge in [0.25, 0.3) is 0 Å². The number of thiol groups is 1. The maximum atomic E-state index is 5.18.